The Labute approximate surface area is 121 Å². The Hall–Kier alpha value is -1.55. The molecular formula is C16H26N2O2. The number of hydrogen-bond donors (Lipinski definition) is 2. The molecule has 4 heteroatoms. The summed E-state index contributed by atoms with van der Waals surface area (Å²) in [6, 6.07) is 5.69. The molecule has 0 radical (unpaired) electrons. The number of rotatable bonds is 7. The number of ether oxygens (including phenoxy) is 1. The van der Waals surface area contributed by atoms with Crippen molar-refractivity contribution in [1.29, 1.82) is 0 Å². The molecule has 0 unspecified atom stereocenters. The maximum Gasteiger partial charge on any atom is 0.251 e. The van der Waals surface area contributed by atoms with Crippen LogP contribution in [-0.4, -0.2) is 31.2 Å². The topological polar surface area (TPSA) is 50.4 Å². The summed E-state index contributed by atoms with van der Waals surface area (Å²) in [5.74, 6) is -0.0658. The highest BCUT2D eigenvalue weighted by atomic mass is 16.5. The van der Waals surface area contributed by atoms with Gasteiger partial charge in [-0.15, -0.1) is 0 Å². The fourth-order valence-electron chi connectivity index (χ4n) is 2.03. The molecule has 20 heavy (non-hydrogen) atoms. The van der Waals surface area contributed by atoms with Gasteiger partial charge in [0.1, 0.15) is 0 Å². The molecular weight excluding hydrogens is 252 g/mol. The second-order valence-electron chi connectivity index (χ2n) is 5.44. The van der Waals surface area contributed by atoms with Crippen molar-refractivity contribution in [2.45, 2.75) is 40.2 Å². The molecule has 0 saturated carbocycles. The number of benzene rings is 1. The second-order valence-corrected chi connectivity index (χ2v) is 5.44. The molecule has 0 aliphatic rings. The Morgan fingerprint density at radius 1 is 1.30 bits per heavy atom. The van der Waals surface area contributed by atoms with Gasteiger partial charge < -0.3 is 15.4 Å². The molecule has 112 valence electrons. The van der Waals surface area contributed by atoms with Crippen molar-refractivity contribution in [2.75, 3.05) is 25.0 Å². The highest BCUT2D eigenvalue weighted by Crippen LogP contribution is 2.16. The van der Waals surface area contributed by atoms with E-state index in [1.807, 2.05) is 45.9 Å². The molecule has 1 rings (SSSR count). The first-order chi connectivity index (χ1) is 9.39. The second kappa shape index (κ2) is 7.29. The van der Waals surface area contributed by atoms with E-state index in [4.69, 9.17) is 4.74 Å². The Morgan fingerprint density at radius 3 is 2.55 bits per heavy atom. The third kappa shape index (κ3) is 4.85. The van der Waals surface area contributed by atoms with Crippen molar-refractivity contribution in [3.63, 3.8) is 0 Å². The summed E-state index contributed by atoms with van der Waals surface area (Å²) in [7, 11) is 0. The van der Waals surface area contributed by atoms with Crippen LogP contribution in [0.2, 0.25) is 0 Å². The zero-order chi connectivity index (χ0) is 15.2. The standard InChI is InChI=1S/C16H26N2O2/c1-6-17-14-9-8-13(10-12(14)3)15(19)18-11-16(4,5)20-7-2/h8-10,17H,6-7,11H2,1-5H3,(H,18,19). The predicted molar refractivity (Wildman–Crippen MR) is 83.4 cm³/mol. The molecule has 0 aromatic heterocycles. The average molecular weight is 278 g/mol. The van der Waals surface area contributed by atoms with E-state index < -0.39 is 0 Å². The fraction of sp³-hybridized carbons (Fsp3) is 0.562. The molecule has 4 nitrogen and oxygen atoms in total. The molecule has 0 bridgehead atoms. The van der Waals surface area contributed by atoms with Crippen LogP contribution in [-0.2, 0) is 4.74 Å². The zero-order valence-electron chi connectivity index (χ0n) is 13.2. The van der Waals surface area contributed by atoms with Gasteiger partial charge in [0.2, 0.25) is 0 Å². The SMILES string of the molecule is CCNc1ccc(C(=O)NCC(C)(C)OCC)cc1C. The van der Waals surface area contributed by atoms with Crippen LogP contribution in [0.1, 0.15) is 43.6 Å². The van der Waals surface area contributed by atoms with Crippen molar-refractivity contribution in [3.05, 3.63) is 29.3 Å². The lowest BCUT2D eigenvalue weighted by molar-refractivity contribution is -0.00815. The minimum absolute atomic E-state index is 0.0658. The molecule has 0 heterocycles. The van der Waals surface area contributed by atoms with Crippen LogP contribution in [0.25, 0.3) is 0 Å². The minimum atomic E-state index is -0.344. The van der Waals surface area contributed by atoms with Gasteiger partial charge in [0.15, 0.2) is 0 Å². The molecule has 1 amide bonds. The van der Waals surface area contributed by atoms with E-state index in [0.29, 0.717) is 18.7 Å². The lowest BCUT2D eigenvalue weighted by atomic mass is 10.1. The van der Waals surface area contributed by atoms with Gasteiger partial charge in [-0.1, -0.05) is 0 Å². The molecule has 0 spiro atoms. The van der Waals surface area contributed by atoms with Crippen molar-refractivity contribution in [2.24, 2.45) is 0 Å². The molecule has 0 fully saturated rings. The lowest BCUT2D eigenvalue weighted by Crippen LogP contribution is -2.40. The number of nitrogens with one attached hydrogen (secondary N) is 2. The number of carbonyl (C=O) groups excluding carboxylic acids is 1. The number of aryl methyl sites for hydroxylation is 1. The van der Waals surface area contributed by atoms with Gasteiger partial charge >= 0.3 is 0 Å². The van der Waals surface area contributed by atoms with Crippen molar-refractivity contribution in [1.82, 2.24) is 5.32 Å². The normalized spacial score (nSPS) is 11.2. The van der Waals surface area contributed by atoms with E-state index >= 15 is 0 Å². The summed E-state index contributed by atoms with van der Waals surface area (Å²) in [4.78, 5) is 12.1. The predicted octanol–water partition coefficient (Wildman–Crippen LogP) is 2.97. The summed E-state index contributed by atoms with van der Waals surface area (Å²) in [5, 5.41) is 6.18. The number of hydrogen-bond acceptors (Lipinski definition) is 3. The maximum atomic E-state index is 12.1. The largest absolute Gasteiger partial charge is 0.385 e. The Kier molecular flexibility index (Phi) is 6.02. The van der Waals surface area contributed by atoms with Gasteiger partial charge in [-0.3, -0.25) is 4.79 Å². The third-order valence-electron chi connectivity index (χ3n) is 3.07. The quantitative estimate of drug-likeness (QED) is 0.806. The van der Waals surface area contributed by atoms with Gasteiger partial charge in [0, 0.05) is 30.9 Å². The van der Waals surface area contributed by atoms with E-state index in [1.165, 1.54) is 0 Å². The van der Waals surface area contributed by atoms with Crippen LogP contribution in [0, 0.1) is 6.92 Å². The first kappa shape index (κ1) is 16.5. The van der Waals surface area contributed by atoms with E-state index in [2.05, 4.69) is 17.6 Å². The van der Waals surface area contributed by atoms with Crippen LogP contribution in [0.5, 0.6) is 0 Å². The summed E-state index contributed by atoms with van der Waals surface area (Å²) >= 11 is 0. The van der Waals surface area contributed by atoms with Gasteiger partial charge in [-0.2, -0.15) is 0 Å². The van der Waals surface area contributed by atoms with Crippen LogP contribution in [0.4, 0.5) is 5.69 Å². The van der Waals surface area contributed by atoms with Crippen LogP contribution in [0.15, 0.2) is 18.2 Å². The Bertz CT molecular complexity index is 456. The van der Waals surface area contributed by atoms with Gasteiger partial charge in [-0.05, 0) is 58.4 Å². The molecule has 0 aliphatic heterocycles. The lowest BCUT2D eigenvalue weighted by Gasteiger charge is -2.25. The van der Waals surface area contributed by atoms with Gasteiger partial charge in [0.05, 0.1) is 5.60 Å². The van der Waals surface area contributed by atoms with Crippen LogP contribution >= 0.6 is 0 Å². The number of carbonyl (C=O) groups is 1. The smallest absolute Gasteiger partial charge is 0.251 e. The highest BCUT2D eigenvalue weighted by Gasteiger charge is 2.19. The van der Waals surface area contributed by atoms with Crippen LogP contribution in [0.3, 0.4) is 0 Å². The van der Waals surface area contributed by atoms with Gasteiger partial charge in [-0.25, -0.2) is 0 Å². The minimum Gasteiger partial charge on any atom is -0.385 e. The monoisotopic (exact) mass is 278 g/mol. The first-order valence-corrected chi connectivity index (χ1v) is 7.16. The fourth-order valence-corrected chi connectivity index (χ4v) is 2.03. The molecule has 2 N–H and O–H groups in total. The zero-order valence-corrected chi connectivity index (χ0v) is 13.2. The molecule has 0 atom stereocenters. The average Bonchev–Trinajstić information content (AvgIpc) is 2.38. The third-order valence-corrected chi connectivity index (χ3v) is 3.07. The summed E-state index contributed by atoms with van der Waals surface area (Å²) < 4.78 is 5.57. The summed E-state index contributed by atoms with van der Waals surface area (Å²) in [6.45, 7) is 11.9. The Balaban J connectivity index is 2.66. The van der Waals surface area contributed by atoms with Crippen molar-refractivity contribution >= 4 is 11.6 Å². The summed E-state index contributed by atoms with van der Waals surface area (Å²) in [6.07, 6.45) is 0. The van der Waals surface area contributed by atoms with E-state index in [1.54, 1.807) is 0 Å². The summed E-state index contributed by atoms with van der Waals surface area (Å²) in [5.41, 5.74) is 2.47. The first-order valence-electron chi connectivity index (χ1n) is 7.16. The molecule has 1 aromatic carbocycles. The van der Waals surface area contributed by atoms with Crippen LogP contribution < -0.4 is 10.6 Å². The number of amides is 1. The van der Waals surface area contributed by atoms with Crippen molar-refractivity contribution < 1.29 is 9.53 Å². The van der Waals surface area contributed by atoms with E-state index in [0.717, 1.165) is 17.8 Å². The molecule has 0 aliphatic carbocycles. The maximum absolute atomic E-state index is 12.1. The Morgan fingerprint density at radius 2 is 2.00 bits per heavy atom. The molecule has 0 saturated heterocycles. The highest BCUT2D eigenvalue weighted by molar-refractivity contribution is 5.94. The van der Waals surface area contributed by atoms with Gasteiger partial charge in [0.25, 0.3) is 5.91 Å². The number of anilines is 1. The van der Waals surface area contributed by atoms with Crippen molar-refractivity contribution in [3.8, 4) is 0 Å². The molecule has 1 aromatic rings. The van der Waals surface area contributed by atoms with E-state index in [-0.39, 0.29) is 11.5 Å². The van der Waals surface area contributed by atoms with E-state index in [9.17, 15) is 4.79 Å².